The number of non-ortho nitro benzene ring substituents is 1. The summed E-state index contributed by atoms with van der Waals surface area (Å²) >= 11 is 0. The topological polar surface area (TPSA) is 101 Å². The van der Waals surface area contributed by atoms with Crippen molar-refractivity contribution >= 4 is 35.0 Å². The van der Waals surface area contributed by atoms with E-state index in [0.29, 0.717) is 11.3 Å². The van der Waals surface area contributed by atoms with E-state index in [1.807, 2.05) is 0 Å². The van der Waals surface area contributed by atoms with Gasteiger partial charge in [-0.15, -0.1) is 0 Å². The summed E-state index contributed by atoms with van der Waals surface area (Å²) in [7, 11) is 0. The highest BCUT2D eigenvalue weighted by Crippen LogP contribution is 2.20. The third-order valence-electron chi connectivity index (χ3n) is 3.05. The summed E-state index contributed by atoms with van der Waals surface area (Å²) < 4.78 is 13.7. The van der Waals surface area contributed by atoms with E-state index in [-0.39, 0.29) is 17.3 Å². The Balaban J connectivity index is 2.10. The Morgan fingerprint density at radius 1 is 1.16 bits per heavy atom. The van der Waals surface area contributed by atoms with Crippen LogP contribution in [0.5, 0.6) is 0 Å². The van der Waals surface area contributed by atoms with Gasteiger partial charge < -0.3 is 10.6 Å². The van der Waals surface area contributed by atoms with Gasteiger partial charge in [0.15, 0.2) is 0 Å². The Bertz CT molecular complexity index is 865. The lowest BCUT2D eigenvalue weighted by atomic mass is 10.2. The van der Waals surface area contributed by atoms with Gasteiger partial charge in [-0.1, -0.05) is 12.1 Å². The van der Waals surface area contributed by atoms with Gasteiger partial charge in [0.25, 0.3) is 5.69 Å². The van der Waals surface area contributed by atoms with Crippen molar-refractivity contribution in [1.82, 2.24) is 0 Å². The fourth-order valence-corrected chi connectivity index (χ4v) is 1.99. The molecule has 0 saturated heterocycles. The molecule has 7 nitrogen and oxygen atoms in total. The Morgan fingerprint density at radius 2 is 1.92 bits per heavy atom. The Labute approximate surface area is 142 Å². The van der Waals surface area contributed by atoms with Crippen LogP contribution in [0.2, 0.25) is 0 Å². The first-order valence-corrected chi connectivity index (χ1v) is 7.16. The van der Waals surface area contributed by atoms with Crippen LogP contribution in [-0.2, 0) is 9.59 Å². The number of hydrogen-bond acceptors (Lipinski definition) is 4. The molecule has 0 heterocycles. The van der Waals surface area contributed by atoms with Gasteiger partial charge in [-0.05, 0) is 29.8 Å². The number of benzene rings is 2. The van der Waals surface area contributed by atoms with Gasteiger partial charge in [-0.2, -0.15) is 0 Å². The van der Waals surface area contributed by atoms with Crippen LogP contribution in [0.3, 0.4) is 0 Å². The van der Waals surface area contributed by atoms with Gasteiger partial charge in [-0.3, -0.25) is 19.7 Å². The first-order chi connectivity index (χ1) is 11.8. The lowest BCUT2D eigenvalue weighted by Crippen LogP contribution is -2.11. The van der Waals surface area contributed by atoms with E-state index < -0.39 is 16.6 Å². The van der Waals surface area contributed by atoms with Crippen LogP contribution in [0.25, 0.3) is 6.08 Å². The fourth-order valence-electron chi connectivity index (χ4n) is 1.99. The smallest absolute Gasteiger partial charge is 0.270 e. The summed E-state index contributed by atoms with van der Waals surface area (Å²) in [5.74, 6) is -1.61. The van der Waals surface area contributed by atoms with E-state index in [4.69, 9.17) is 0 Å². The van der Waals surface area contributed by atoms with Gasteiger partial charge in [-0.25, -0.2) is 4.39 Å². The predicted molar refractivity (Wildman–Crippen MR) is 91.5 cm³/mol. The summed E-state index contributed by atoms with van der Waals surface area (Å²) in [5, 5.41) is 15.5. The lowest BCUT2D eigenvalue weighted by molar-refractivity contribution is -0.384. The lowest BCUT2D eigenvalue weighted by Gasteiger charge is -2.07. The van der Waals surface area contributed by atoms with Crippen LogP contribution in [-0.4, -0.2) is 16.7 Å². The minimum Gasteiger partial charge on any atom is -0.326 e. The highest BCUT2D eigenvalue weighted by Gasteiger charge is 2.08. The second-order valence-electron chi connectivity index (χ2n) is 5.05. The standard InChI is InChI=1S/C17H14FN3O4/c1-11(22)19-13-6-7-15(18)16(10-13)20-17(23)8-5-12-3-2-4-14(9-12)21(24)25/h2-10H,1H3,(H,19,22)(H,20,23). The molecule has 2 aromatic carbocycles. The number of nitro benzene ring substituents is 1. The van der Waals surface area contributed by atoms with Crippen molar-refractivity contribution < 1.29 is 18.9 Å². The first kappa shape index (κ1) is 17.8. The molecule has 0 fully saturated rings. The van der Waals surface area contributed by atoms with Gasteiger partial charge >= 0.3 is 0 Å². The molecular weight excluding hydrogens is 329 g/mol. The minimum atomic E-state index is -0.661. The second-order valence-corrected chi connectivity index (χ2v) is 5.05. The van der Waals surface area contributed by atoms with Crippen molar-refractivity contribution in [2.75, 3.05) is 10.6 Å². The molecule has 2 N–H and O–H groups in total. The highest BCUT2D eigenvalue weighted by molar-refractivity contribution is 6.02. The van der Waals surface area contributed by atoms with E-state index in [1.54, 1.807) is 6.07 Å². The SMILES string of the molecule is CC(=O)Nc1ccc(F)c(NC(=O)C=Cc2cccc([N+](=O)[O-])c2)c1. The quantitative estimate of drug-likeness (QED) is 0.494. The number of nitro groups is 1. The van der Waals surface area contributed by atoms with Crippen LogP contribution in [0.15, 0.2) is 48.5 Å². The molecular formula is C17H14FN3O4. The molecule has 0 aliphatic rings. The van der Waals surface area contributed by atoms with Crippen LogP contribution < -0.4 is 10.6 Å². The molecule has 0 spiro atoms. The summed E-state index contributed by atoms with van der Waals surface area (Å²) in [6.45, 7) is 1.31. The third kappa shape index (κ3) is 5.24. The van der Waals surface area contributed by atoms with Crippen molar-refractivity contribution in [3.05, 3.63) is 70.0 Å². The van der Waals surface area contributed by atoms with Gasteiger partial charge in [0.05, 0.1) is 10.6 Å². The number of nitrogens with one attached hydrogen (secondary N) is 2. The summed E-state index contributed by atoms with van der Waals surface area (Å²) in [6.07, 6.45) is 2.50. The number of nitrogens with zero attached hydrogens (tertiary/aromatic N) is 1. The van der Waals surface area contributed by atoms with Crippen molar-refractivity contribution in [2.24, 2.45) is 0 Å². The number of anilines is 2. The number of rotatable bonds is 5. The van der Waals surface area contributed by atoms with E-state index >= 15 is 0 Å². The molecule has 0 saturated carbocycles. The average molecular weight is 343 g/mol. The molecule has 2 rings (SSSR count). The summed E-state index contributed by atoms with van der Waals surface area (Å²) in [5.41, 5.74) is 0.597. The molecule has 0 unspecified atom stereocenters. The van der Waals surface area contributed by atoms with Crippen molar-refractivity contribution in [3.63, 3.8) is 0 Å². The zero-order valence-electron chi connectivity index (χ0n) is 13.2. The van der Waals surface area contributed by atoms with Crippen molar-refractivity contribution in [2.45, 2.75) is 6.92 Å². The molecule has 0 atom stereocenters. The maximum Gasteiger partial charge on any atom is 0.270 e. The van der Waals surface area contributed by atoms with E-state index in [0.717, 1.165) is 12.1 Å². The maximum absolute atomic E-state index is 13.7. The van der Waals surface area contributed by atoms with Crippen molar-refractivity contribution in [3.8, 4) is 0 Å². The molecule has 0 bridgehead atoms. The Hall–Kier alpha value is -3.55. The molecule has 128 valence electrons. The monoisotopic (exact) mass is 343 g/mol. The summed E-state index contributed by atoms with van der Waals surface area (Å²) in [6, 6.07) is 9.50. The van der Waals surface area contributed by atoms with Crippen molar-refractivity contribution in [1.29, 1.82) is 0 Å². The largest absolute Gasteiger partial charge is 0.326 e. The maximum atomic E-state index is 13.7. The normalized spacial score (nSPS) is 10.5. The molecule has 0 aromatic heterocycles. The van der Waals surface area contributed by atoms with E-state index in [2.05, 4.69) is 10.6 Å². The summed E-state index contributed by atoms with van der Waals surface area (Å²) in [4.78, 5) is 33.1. The molecule has 0 aliphatic carbocycles. The molecule has 0 radical (unpaired) electrons. The van der Waals surface area contributed by atoms with E-state index in [1.165, 1.54) is 43.3 Å². The zero-order valence-corrected chi connectivity index (χ0v) is 13.2. The number of hydrogen-bond donors (Lipinski definition) is 2. The highest BCUT2D eigenvalue weighted by atomic mass is 19.1. The molecule has 25 heavy (non-hydrogen) atoms. The van der Waals surface area contributed by atoms with E-state index in [9.17, 15) is 24.1 Å². The van der Waals surface area contributed by atoms with Crippen LogP contribution in [0.1, 0.15) is 12.5 Å². The third-order valence-corrected chi connectivity index (χ3v) is 3.05. The predicted octanol–water partition coefficient (Wildman–Crippen LogP) is 3.34. The van der Waals surface area contributed by atoms with Gasteiger partial charge in [0.1, 0.15) is 5.82 Å². The average Bonchev–Trinajstić information content (AvgIpc) is 2.56. The second kappa shape index (κ2) is 7.82. The van der Waals surface area contributed by atoms with Crippen LogP contribution in [0.4, 0.5) is 21.5 Å². The van der Waals surface area contributed by atoms with Gasteiger partial charge in [0.2, 0.25) is 11.8 Å². The molecule has 2 amide bonds. The fraction of sp³-hybridized carbons (Fsp3) is 0.0588. The number of carbonyl (C=O) groups is 2. The van der Waals surface area contributed by atoms with Crippen LogP contribution in [0, 0.1) is 15.9 Å². The minimum absolute atomic E-state index is 0.0973. The number of carbonyl (C=O) groups excluding carboxylic acids is 2. The first-order valence-electron chi connectivity index (χ1n) is 7.16. The number of halogens is 1. The Kier molecular flexibility index (Phi) is 5.57. The molecule has 8 heteroatoms. The van der Waals surface area contributed by atoms with Crippen LogP contribution >= 0.6 is 0 Å². The Morgan fingerprint density at radius 3 is 2.60 bits per heavy atom. The molecule has 0 aliphatic heterocycles. The number of amides is 2. The zero-order chi connectivity index (χ0) is 18.4. The van der Waals surface area contributed by atoms with Gasteiger partial charge in [0, 0.05) is 30.8 Å². The molecule has 2 aromatic rings.